The predicted molar refractivity (Wildman–Crippen MR) is 72.4 cm³/mol. The van der Waals surface area contributed by atoms with Gasteiger partial charge in [0.15, 0.2) is 0 Å². The third kappa shape index (κ3) is 2.87. The topological polar surface area (TPSA) is 49.8 Å². The predicted octanol–water partition coefficient (Wildman–Crippen LogP) is 2.16. The van der Waals surface area contributed by atoms with Crippen molar-refractivity contribution >= 4 is 6.09 Å². The number of amides is 1. The van der Waals surface area contributed by atoms with Crippen molar-refractivity contribution in [2.24, 2.45) is 5.92 Å². The molecule has 106 valence electrons. The second kappa shape index (κ2) is 5.05. The lowest BCUT2D eigenvalue weighted by Gasteiger charge is -2.36. The Morgan fingerprint density at radius 2 is 2.11 bits per heavy atom. The van der Waals surface area contributed by atoms with Crippen LogP contribution in [-0.4, -0.2) is 39.9 Å². The second-order valence-electron chi connectivity index (χ2n) is 6.54. The maximum Gasteiger partial charge on any atom is 0.411 e. The van der Waals surface area contributed by atoms with E-state index in [4.69, 9.17) is 11.2 Å². The highest BCUT2D eigenvalue weighted by molar-refractivity contribution is 5.70. The van der Waals surface area contributed by atoms with Crippen molar-refractivity contribution in [3.05, 3.63) is 0 Å². The van der Waals surface area contributed by atoms with E-state index in [1.807, 2.05) is 20.8 Å². The molecule has 1 aliphatic carbocycles. The van der Waals surface area contributed by atoms with Gasteiger partial charge in [-0.1, -0.05) is 5.92 Å². The van der Waals surface area contributed by atoms with Crippen LogP contribution in [0.25, 0.3) is 0 Å². The summed E-state index contributed by atoms with van der Waals surface area (Å²) in [6, 6.07) is -0.225. The third-order valence-corrected chi connectivity index (χ3v) is 3.97. The van der Waals surface area contributed by atoms with Crippen LogP contribution in [-0.2, 0) is 4.74 Å². The van der Waals surface area contributed by atoms with Gasteiger partial charge in [-0.05, 0) is 46.5 Å². The van der Waals surface area contributed by atoms with E-state index in [1.54, 1.807) is 4.90 Å². The van der Waals surface area contributed by atoms with E-state index < -0.39 is 5.60 Å². The first-order valence-corrected chi connectivity index (χ1v) is 6.99. The number of ether oxygens (including phenoxy) is 1. The number of carbonyl (C=O) groups excluding carboxylic acids is 1. The van der Waals surface area contributed by atoms with Gasteiger partial charge < -0.3 is 9.84 Å². The Morgan fingerprint density at radius 1 is 1.42 bits per heavy atom. The molecule has 0 bridgehead atoms. The van der Waals surface area contributed by atoms with Crippen molar-refractivity contribution in [3.63, 3.8) is 0 Å². The number of aliphatic hydroxyl groups excluding tert-OH is 1. The SMILES string of the molecule is C#CC1C[C@@H]2[C@@H](CCC[C@@H]2O)N1C(=O)OC(C)(C)C. The average molecular weight is 265 g/mol. The van der Waals surface area contributed by atoms with Gasteiger partial charge >= 0.3 is 6.09 Å². The molecule has 4 nitrogen and oxygen atoms in total. The minimum absolute atomic E-state index is 0.0275. The molecule has 1 saturated heterocycles. The summed E-state index contributed by atoms with van der Waals surface area (Å²) in [6.45, 7) is 5.54. The first-order chi connectivity index (χ1) is 8.83. The van der Waals surface area contributed by atoms with Crippen LogP contribution >= 0.6 is 0 Å². The van der Waals surface area contributed by atoms with E-state index in [0.717, 1.165) is 19.3 Å². The summed E-state index contributed by atoms with van der Waals surface area (Å²) in [5.41, 5.74) is -0.526. The molecule has 4 atom stereocenters. The fraction of sp³-hybridized carbons (Fsp3) is 0.800. The molecule has 0 spiro atoms. The monoisotopic (exact) mass is 265 g/mol. The Morgan fingerprint density at radius 3 is 2.68 bits per heavy atom. The van der Waals surface area contributed by atoms with Gasteiger partial charge in [0.1, 0.15) is 5.60 Å². The number of fused-ring (bicyclic) bond motifs is 1. The molecule has 1 unspecified atom stereocenters. The molecule has 2 fully saturated rings. The van der Waals surface area contributed by atoms with Crippen molar-refractivity contribution in [1.82, 2.24) is 4.90 Å². The molecule has 2 aliphatic rings. The van der Waals surface area contributed by atoms with Gasteiger partial charge in [-0.15, -0.1) is 6.42 Å². The highest BCUT2D eigenvalue weighted by Gasteiger charge is 2.48. The van der Waals surface area contributed by atoms with Gasteiger partial charge in [-0.25, -0.2) is 4.79 Å². The Bertz CT molecular complexity index is 393. The summed E-state index contributed by atoms with van der Waals surface area (Å²) in [6.07, 6.45) is 8.17. The zero-order valence-electron chi connectivity index (χ0n) is 11.9. The summed E-state index contributed by atoms with van der Waals surface area (Å²) < 4.78 is 5.45. The molecule has 0 aromatic rings. The fourth-order valence-corrected chi connectivity index (χ4v) is 3.21. The lowest BCUT2D eigenvalue weighted by Crippen LogP contribution is -2.47. The molecular formula is C15H23NO3. The molecule has 1 N–H and O–H groups in total. The van der Waals surface area contributed by atoms with E-state index in [1.165, 1.54) is 0 Å². The zero-order valence-corrected chi connectivity index (χ0v) is 11.9. The van der Waals surface area contributed by atoms with Gasteiger partial charge in [-0.2, -0.15) is 0 Å². The Labute approximate surface area is 115 Å². The molecule has 0 aromatic heterocycles. The van der Waals surface area contributed by atoms with Crippen LogP contribution in [0.4, 0.5) is 4.79 Å². The first kappa shape index (κ1) is 14.2. The van der Waals surface area contributed by atoms with E-state index in [2.05, 4.69) is 5.92 Å². The number of rotatable bonds is 0. The zero-order chi connectivity index (χ0) is 14.2. The van der Waals surface area contributed by atoms with Crippen molar-refractivity contribution in [2.45, 2.75) is 70.2 Å². The molecular weight excluding hydrogens is 242 g/mol. The number of terminal acetylenes is 1. The minimum Gasteiger partial charge on any atom is -0.444 e. The van der Waals surface area contributed by atoms with E-state index in [-0.39, 0.29) is 30.2 Å². The number of likely N-dealkylation sites (tertiary alicyclic amines) is 1. The normalized spacial score (nSPS) is 34.6. The second-order valence-corrected chi connectivity index (χ2v) is 6.54. The molecule has 0 aromatic carbocycles. The maximum atomic E-state index is 12.3. The van der Waals surface area contributed by atoms with Crippen LogP contribution in [0.1, 0.15) is 46.5 Å². The van der Waals surface area contributed by atoms with Gasteiger partial charge in [0.05, 0.1) is 12.1 Å². The van der Waals surface area contributed by atoms with Crippen molar-refractivity contribution in [2.75, 3.05) is 0 Å². The molecule has 2 rings (SSSR count). The van der Waals surface area contributed by atoms with Crippen LogP contribution in [0.15, 0.2) is 0 Å². The largest absolute Gasteiger partial charge is 0.444 e. The minimum atomic E-state index is -0.526. The van der Waals surface area contributed by atoms with Gasteiger partial charge in [0, 0.05) is 12.0 Å². The molecule has 1 aliphatic heterocycles. The molecule has 1 amide bonds. The number of carbonyl (C=O) groups is 1. The van der Waals surface area contributed by atoms with E-state index in [9.17, 15) is 9.90 Å². The smallest absolute Gasteiger partial charge is 0.411 e. The van der Waals surface area contributed by atoms with Crippen molar-refractivity contribution in [1.29, 1.82) is 0 Å². The van der Waals surface area contributed by atoms with E-state index >= 15 is 0 Å². The summed E-state index contributed by atoms with van der Waals surface area (Å²) >= 11 is 0. The number of hydrogen-bond acceptors (Lipinski definition) is 3. The van der Waals surface area contributed by atoms with E-state index in [0.29, 0.717) is 6.42 Å². The van der Waals surface area contributed by atoms with Gasteiger partial charge in [-0.3, -0.25) is 4.90 Å². The van der Waals surface area contributed by atoms with Crippen LogP contribution in [0.5, 0.6) is 0 Å². The molecule has 19 heavy (non-hydrogen) atoms. The lowest BCUT2D eigenvalue weighted by atomic mass is 9.82. The van der Waals surface area contributed by atoms with Crippen LogP contribution < -0.4 is 0 Å². The molecule has 1 heterocycles. The lowest BCUT2D eigenvalue weighted by molar-refractivity contribution is 0.00207. The summed E-state index contributed by atoms with van der Waals surface area (Å²) in [5.74, 6) is 2.77. The summed E-state index contributed by atoms with van der Waals surface area (Å²) in [5, 5.41) is 10.1. The standard InChI is InChI=1S/C15H23NO3/c1-5-10-9-11-12(7-6-8-13(11)17)16(10)14(18)19-15(2,3)4/h1,10-13,17H,6-9H2,2-4H3/t10?,11-,12-,13+/m1/s1. The quantitative estimate of drug-likeness (QED) is 0.683. The fourth-order valence-electron chi connectivity index (χ4n) is 3.21. The molecule has 4 heteroatoms. The Balaban J connectivity index is 2.17. The highest BCUT2D eigenvalue weighted by atomic mass is 16.6. The van der Waals surface area contributed by atoms with Crippen molar-refractivity contribution in [3.8, 4) is 12.3 Å². The molecule has 1 saturated carbocycles. The van der Waals surface area contributed by atoms with Gasteiger partial charge in [0.25, 0.3) is 0 Å². The number of nitrogens with zero attached hydrogens (tertiary/aromatic N) is 1. The maximum absolute atomic E-state index is 12.3. The van der Waals surface area contributed by atoms with Crippen LogP contribution in [0, 0.1) is 18.3 Å². The number of aliphatic hydroxyl groups is 1. The third-order valence-electron chi connectivity index (χ3n) is 3.97. The van der Waals surface area contributed by atoms with Gasteiger partial charge in [0.2, 0.25) is 0 Å². The van der Waals surface area contributed by atoms with Crippen LogP contribution in [0.2, 0.25) is 0 Å². The van der Waals surface area contributed by atoms with Crippen LogP contribution in [0.3, 0.4) is 0 Å². The summed E-state index contributed by atoms with van der Waals surface area (Å²) in [4.78, 5) is 14.0. The molecule has 0 radical (unpaired) electrons. The first-order valence-electron chi connectivity index (χ1n) is 6.99. The van der Waals surface area contributed by atoms with Crippen molar-refractivity contribution < 1.29 is 14.6 Å². The Kier molecular flexibility index (Phi) is 3.78. The number of hydrogen-bond donors (Lipinski definition) is 1. The Hall–Kier alpha value is -1.21. The summed E-state index contributed by atoms with van der Waals surface area (Å²) in [7, 11) is 0. The average Bonchev–Trinajstić information content (AvgIpc) is 2.66. The highest BCUT2D eigenvalue weighted by Crippen LogP contribution is 2.40.